The Bertz CT molecular complexity index is 141. The number of methoxy groups -OCH3 is 1. The molecule has 0 saturated heterocycles. The van der Waals surface area contributed by atoms with Crippen molar-refractivity contribution in [3.63, 3.8) is 0 Å². The quantitative estimate of drug-likeness (QED) is 0.443. The van der Waals surface area contributed by atoms with Gasteiger partial charge in [-0.2, -0.15) is 0 Å². The largest absolute Gasteiger partial charge is 0.466 e. The summed E-state index contributed by atoms with van der Waals surface area (Å²) in [5, 5.41) is 0. The third-order valence-corrected chi connectivity index (χ3v) is 1.20. The lowest BCUT2D eigenvalue weighted by molar-refractivity contribution is -0.134. The molecule has 0 heterocycles. The van der Waals surface area contributed by atoms with E-state index in [4.69, 9.17) is 0 Å². The van der Waals surface area contributed by atoms with Gasteiger partial charge in [0.05, 0.1) is 7.11 Å². The van der Waals surface area contributed by atoms with Crippen molar-refractivity contribution in [1.82, 2.24) is 4.90 Å². The van der Waals surface area contributed by atoms with E-state index in [2.05, 4.69) is 9.64 Å². The molecule has 0 amide bonds. The number of carbonyl (C=O) groups excluding carboxylic acids is 1. The highest BCUT2D eigenvalue weighted by atomic mass is 16.5. The van der Waals surface area contributed by atoms with Crippen LogP contribution >= 0.6 is 0 Å². The molecule has 0 atom stereocenters. The molecule has 0 aliphatic carbocycles. The molecule has 0 radical (unpaired) electrons. The van der Waals surface area contributed by atoms with Crippen LogP contribution in [0.25, 0.3) is 0 Å². The van der Waals surface area contributed by atoms with Crippen LogP contribution < -0.4 is 0 Å². The standard InChI is InChI=1S/C8H15NO2/c1-9(2)7-5-4-6-8(10)11-3/h4,6H,5,7H2,1-3H3/b6-4+. The number of rotatable bonds is 4. The van der Waals surface area contributed by atoms with Crippen LogP contribution in [0.5, 0.6) is 0 Å². The Morgan fingerprint density at radius 1 is 1.55 bits per heavy atom. The summed E-state index contributed by atoms with van der Waals surface area (Å²) in [6, 6.07) is 0. The molecule has 0 N–H and O–H groups in total. The van der Waals surface area contributed by atoms with E-state index in [0.29, 0.717) is 0 Å². The molecule has 0 aliphatic heterocycles. The fourth-order valence-electron chi connectivity index (χ4n) is 0.580. The van der Waals surface area contributed by atoms with E-state index >= 15 is 0 Å². The van der Waals surface area contributed by atoms with Crippen molar-refractivity contribution < 1.29 is 9.53 Å². The molecule has 11 heavy (non-hydrogen) atoms. The monoisotopic (exact) mass is 157 g/mol. The molecule has 0 fully saturated rings. The predicted molar refractivity (Wildman–Crippen MR) is 44.3 cm³/mol. The molecule has 64 valence electrons. The minimum absolute atomic E-state index is 0.288. The minimum Gasteiger partial charge on any atom is -0.466 e. The summed E-state index contributed by atoms with van der Waals surface area (Å²) in [5.74, 6) is -0.288. The van der Waals surface area contributed by atoms with Crippen LogP contribution in [-0.2, 0) is 9.53 Å². The summed E-state index contributed by atoms with van der Waals surface area (Å²) in [6.07, 6.45) is 4.14. The summed E-state index contributed by atoms with van der Waals surface area (Å²) >= 11 is 0. The Hall–Kier alpha value is -0.830. The zero-order valence-corrected chi connectivity index (χ0v) is 7.33. The van der Waals surface area contributed by atoms with Gasteiger partial charge in [-0.25, -0.2) is 4.79 Å². The Balaban J connectivity index is 3.37. The normalized spacial score (nSPS) is 10.9. The lowest BCUT2D eigenvalue weighted by atomic mass is 10.3. The summed E-state index contributed by atoms with van der Waals surface area (Å²) in [4.78, 5) is 12.6. The average molecular weight is 157 g/mol. The molecule has 0 aromatic carbocycles. The molecule has 3 heteroatoms. The second-order valence-corrected chi connectivity index (χ2v) is 2.52. The van der Waals surface area contributed by atoms with Crippen molar-refractivity contribution in [2.24, 2.45) is 0 Å². The predicted octanol–water partition coefficient (Wildman–Crippen LogP) is 0.667. The first-order valence-corrected chi connectivity index (χ1v) is 3.56. The van der Waals surface area contributed by atoms with E-state index in [0.717, 1.165) is 13.0 Å². The van der Waals surface area contributed by atoms with Crippen molar-refractivity contribution in [3.8, 4) is 0 Å². The highest BCUT2D eigenvalue weighted by Gasteiger charge is 1.89. The van der Waals surface area contributed by atoms with Gasteiger partial charge in [0.15, 0.2) is 0 Å². The summed E-state index contributed by atoms with van der Waals surface area (Å²) < 4.78 is 4.42. The van der Waals surface area contributed by atoms with Gasteiger partial charge in [0, 0.05) is 12.6 Å². The second-order valence-electron chi connectivity index (χ2n) is 2.52. The topological polar surface area (TPSA) is 29.5 Å². The molecule has 3 nitrogen and oxygen atoms in total. The summed E-state index contributed by atoms with van der Waals surface area (Å²) in [5.41, 5.74) is 0. The van der Waals surface area contributed by atoms with Crippen molar-refractivity contribution in [2.75, 3.05) is 27.7 Å². The van der Waals surface area contributed by atoms with E-state index in [1.807, 2.05) is 20.2 Å². The zero-order chi connectivity index (χ0) is 8.69. The van der Waals surface area contributed by atoms with Gasteiger partial charge >= 0.3 is 5.97 Å². The van der Waals surface area contributed by atoms with Crippen LogP contribution in [0.4, 0.5) is 0 Å². The van der Waals surface area contributed by atoms with E-state index in [1.54, 1.807) is 0 Å². The third kappa shape index (κ3) is 7.06. The van der Waals surface area contributed by atoms with Crippen LogP contribution in [0.1, 0.15) is 6.42 Å². The number of ether oxygens (including phenoxy) is 1. The number of hydrogen-bond donors (Lipinski definition) is 0. The van der Waals surface area contributed by atoms with Gasteiger partial charge in [-0.3, -0.25) is 0 Å². The molecule has 0 aliphatic rings. The smallest absolute Gasteiger partial charge is 0.330 e. The van der Waals surface area contributed by atoms with E-state index in [9.17, 15) is 4.79 Å². The van der Waals surface area contributed by atoms with Crippen molar-refractivity contribution in [1.29, 1.82) is 0 Å². The molecular weight excluding hydrogens is 142 g/mol. The molecule has 0 aromatic heterocycles. The SMILES string of the molecule is COC(=O)/C=C/CCN(C)C. The van der Waals surface area contributed by atoms with Gasteiger partial charge in [-0.05, 0) is 20.5 Å². The first-order valence-electron chi connectivity index (χ1n) is 3.56. The fourth-order valence-corrected chi connectivity index (χ4v) is 0.580. The van der Waals surface area contributed by atoms with Crippen LogP contribution in [0.2, 0.25) is 0 Å². The van der Waals surface area contributed by atoms with Crippen molar-refractivity contribution in [3.05, 3.63) is 12.2 Å². The molecular formula is C8H15NO2. The average Bonchev–Trinajstić information content (AvgIpc) is 1.97. The summed E-state index contributed by atoms with van der Waals surface area (Å²) in [6.45, 7) is 0.952. The maximum Gasteiger partial charge on any atom is 0.330 e. The first-order chi connectivity index (χ1) is 5.16. The lowest BCUT2D eigenvalue weighted by Crippen LogP contribution is -2.11. The molecule has 0 spiro atoms. The van der Waals surface area contributed by atoms with Gasteiger partial charge in [0.1, 0.15) is 0 Å². The Morgan fingerprint density at radius 2 is 2.18 bits per heavy atom. The Morgan fingerprint density at radius 3 is 2.64 bits per heavy atom. The van der Waals surface area contributed by atoms with Crippen LogP contribution in [-0.4, -0.2) is 38.6 Å². The highest BCUT2D eigenvalue weighted by Crippen LogP contribution is 1.86. The molecule has 0 aromatic rings. The lowest BCUT2D eigenvalue weighted by Gasteiger charge is -2.05. The van der Waals surface area contributed by atoms with Gasteiger partial charge in [-0.1, -0.05) is 6.08 Å². The maximum atomic E-state index is 10.5. The van der Waals surface area contributed by atoms with Crippen LogP contribution in [0, 0.1) is 0 Å². The van der Waals surface area contributed by atoms with E-state index in [1.165, 1.54) is 13.2 Å². The van der Waals surface area contributed by atoms with Gasteiger partial charge < -0.3 is 9.64 Å². The second kappa shape index (κ2) is 5.92. The van der Waals surface area contributed by atoms with Crippen LogP contribution in [0.15, 0.2) is 12.2 Å². The highest BCUT2D eigenvalue weighted by molar-refractivity contribution is 5.81. The van der Waals surface area contributed by atoms with E-state index in [-0.39, 0.29) is 5.97 Å². The molecule has 0 bridgehead atoms. The first kappa shape index (κ1) is 10.2. The maximum absolute atomic E-state index is 10.5. The summed E-state index contributed by atoms with van der Waals surface area (Å²) in [7, 11) is 5.36. The van der Waals surface area contributed by atoms with Gasteiger partial charge in [-0.15, -0.1) is 0 Å². The number of esters is 1. The molecule has 0 unspecified atom stereocenters. The molecule has 0 rings (SSSR count). The molecule has 0 saturated carbocycles. The zero-order valence-electron chi connectivity index (χ0n) is 7.33. The third-order valence-electron chi connectivity index (χ3n) is 1.20. The van der Waals surface area contributed by atoms with Gasteiger partial charge in [0.2, 0.25) is 0 Å². The van der Waals surface area contributed by atoms with E-state index < -0.39 is 0 Å². The van der Waals surface area contributed by atoms with Crippen LogP contribution in [0.3, 0.4) is 0 Å². The van der Waals surface area contributed by atoms with Crippen molar-refractivity contribution >= 4 is 5.97 Å². The number of carbonyl (C=O) groups is 1. The Kier molecular flexibility index (Phi) is 5.47. The minimum atomic E-state index is -0.288. The number of hydrogen-bond acceptors (Lipinski definition) is 3. The van der Waals surface area contributed by atoms with Gasteiger partial charge in [0.25, 0.3) is 0 Å². The Labute approximate surface area is 67.6 Å². The van der Waals surface area contributed by atoms with Crippen molar-refractivity contribution in [2.45, 2.75) is 6.42 Å². The fraction of sp³-hybridized carbons (Fsp3) is 0.625. The number of nitrogens with zero attached hydrogens (tertiary/aromatic N) is 1.